The van der Waals surface area contributed by atoms with E-state index >= 15 is 0 Å². The molecule has 8 heteroatoms. The van der Waals surface area contributed by atoms with Crippen molar-refractivity contribution >= 4 is 28.9 Å². The van der Waals surface area contributed by atoms with Crippen LogP contribution in [0.5, 0.6) is 11.5 Å². The highest BCUT2D eigenvalue weighted by Gasteiger charge is 2.12. The molecular formula is C21H23N5O3. The van der Waals surface area contributed by atoms with E-state index in [0.717, 1.165) is 11.4 Å². The quantitative estimate of drug-likeness (QED) is 0.634. The Morgan fingerprint density at radius 1 is 0.862 bits per heavy atom. The van der Waals surface area contributed by atoms with Gasteiger partial charge in [-0.2, -0.15) is 0 Å². The lowest BCUT2D eigenvalue weighted by molar-refractivity contribution is 0.102. The number of anilines is 4. The van der Waals surface area contributed by atoms with E-state index in [4.69, 9.17) is 9.47 Å². The zero-order valence-electron chi connectivity index (χ0n) is 16.8. The van der Waals surface area contributed by atoms with E-state index in [1.54, 1.807) is 37.4 Å². The molecule has 0 saturated carbocycles. The number of carbonyl (C=O) groups is 1. The standard InChI is InChI=1S/C21H23N5O3/c1-26(2)16-8-6-15(7-9-16)22-19-11-12-20(25-24-19)23-21(27)14-5-10-17(28-3)18(13-14)29-4/h5-13H,1-4H3,(H,22,24)(H,23,25,27). The molecule has 0 bridgehead atoms. The van der Waals surface area contributed by atoms with Crippen molar-refractivity contribution in [3.63, 3.8) is 0 Å². The first-order valence-electron chi connectivity index (χ1n) is 8.91. The van der Waals surface area contributed by atoms with Crippen molar-refractivity contribution in [3.05, 3.63) is 60.2 Å². The summed E-state index contributed by atoms with van der Waals surface area (Å²) >= 11 is 0. The van der Waals surface area contributed by atoms with E-state index in [1.165, 1.54) is 7.11 Å². The van der Waals surface area contributed by atoms with Gasteiger partial charge in [0.05, 0.1) is 14.2 Å². The molecule has 0 aliphatic rings. The molecule has 0 aliphatic carbocycles. The molecular weight excluding hydrogens is 370 g/mol. The number of ether oxygens (including phenoxy) is 2. The van der Waals surface area contributed by atoms with Gasteiger partial charge in [0.15, 0.2) is 23.1 Å². The minimum absolute atomic E-state index is 0.319. The molecule has 3 aromatic rings. The van der Waals surface area contributed by atoms with E-state index in [0.29, 0.717) is 28.7 Å². The summed E-state index contributed by atoms with van der Waals surface area (Å²) in [5.41, 5.74) is 2.43. The highest BCUT2D eigenvalue weighted by atomic mass is 16.5. The van der Waals surface area contributed by atoms with Crippen molar-refractivity contribution in [1.82, 2.24) is 10.2 Å². The van der Waals surface area contributed by atoms with Crippen LogP contribution in [0.25, 0.3) is 0 Å². The van der Waals surface area contributed by atoms with Crippen LogP contribution in [0.15, 0.2) is 54.6 Å². The summed E-state index contributed by atoms with van der Waals surface area (Å²) in [5.74, 6) is 1.63. The van der Waals surface area contributed by atoms with Crippen molar-refractivity contribution < 1.29 is 14.3 Å². The van der Waals surface area contributed by atoms with Gasteiger partial charge in [0.25, 0.3) is 5.91 Å². The summed E-state index contributed by atoms with van der Waals surface area (Å²) in [6, 6.07) is 16.3. The predicted octanol–water partition coefficient (Wildman–Crippen LogP) is 3.56. The number of hydrogen-bond acceptors (Lipinski definition) is 7. The number of carbonyl (C=O) groups excluding carboxylic acids is 1. The first kappa shape index (κ1) is 19.9. The normalized spacial score (nSPS) is 10.2. The van der Waals surface area contributed by atoms with Crippen molar-refractivity contribution in [3.8, 4) is 11.5 Å². The molecule has 0 radical (unpaired) electrons. The van der Waals surface area contributed by atoms with Gasteiger partial charge in [0, 0.05) is 31.0 Å². The highest BCUT2D eigenvalue weighted by Crippen LogP contribution is 2.27. The summed E-state index contributed by atoms with van der Waals surface area (Å²) in [7, 11) is 7.04. The number of benzene rings is 2. The Morgan fingerprint density at radius 2 is 1.52 bits per heavy atom. The topological polar surface area (TPSA) is 88.6 Å². The van der Waals surface area contributed by atoms with Crippen LogP contribution >= 0.6 is 0 Å². The second kappa shape index (κ2) is 8.92. The molecule has 2 N–H and O–H groups in total. The summed E-state index contributed by atoms with van der Waals surface area (Å²) in [6.45, 7) is 0. The number of hydrogen-bond donors (Lipinski definition) is 2. The lowest BCUT2D eigenvalue weighted by atomic mass is 10.2. The maximum Gasteiger partial charge on any atom is 0.257 e. The number of amides is 1. The SMILES string of the molecule is COc1ccc(C(=O)Nc2ccc(Nc3ccc(N(C)C)cc3)nn2)cc1OC. The second-order valence-corrected chi connectivity index (χ2v) is 6.39. The molecule has 8 nitrogen and oxygen atoms in total. The number of rotatable bonds is 7. The average molecular weight is 393 g/mol. The van der Waals surface area contributed by atoms with E-state index < -0.39 is 0 Å². The Balaban J connectivity index is 1.65. The van der Waals surface area contributed by atoms with Gasteiger partial charge in [-0.1, -0.05) is 0 Å². The summed E-state index contributed by atoms with van der Waals surface area (Å²) in [6.07, 6.45) is 0. The third-order valence-electron chi connectivity index (χ3n) is 4.21. The van der Waals surface area contributed by atoms with Gasteiger partial charge < -0.3 is 25.0 Å². The van der Waals surface area contributed by atoms with E-state index in [-0.39, 0.29) is 5.91 Å². The summed E-state index contributed by atoms with van der Waals surface area (Å²) < 4.78 is 10.4. The molecule has 1 aromatic heterocycles. The predicted molar refractivity (Wildman–Crippen MR) is 114 cm³/mol. The third kappa shape index (κ3) is 4.92. The highest BCUT2D eigenvalue weighted by molar-refractivity contribution is 6.04. The minimum Gasteiger partial charge on any atom is -0.493 e. The summed E-state index contributed by atoms with van der Waals surface area (Å²) in [4.78, 5) is 14.5. The summed E-state index contributed by atoms with van der Waals surface area (Å²) in [5, 5.41) is 14.1. The largest absolute Gasteiger partial charge is 0.493 e. The van der Waals surface area contributed by atoms with Crippen molar-refractivity contribution in [2.24, 2.45) is 0 Å². The van der Waals surface area contributed by atoms with Crippen LogP contribution in [-0.4, -0.2) is 44.4 Å². The van der Waals surface area contributed by atoms with E-state index in [1.807, 2.05) is 43.3 Å². The van der Waals surface area contributed by atoms with Gasteiger partial charge in [0.1, 0.15) is 0 Å². The first-order chi connectivity index (χ1) is 14.0. The molecule has 1 heterocycles. The smallest absolute Gasteiger partial charge is 0.257 e. The van der Waals surface area contributed by atoms with Crippen LogP contribution < -0.4 is 25.0 Å². The average Bonchev–Trinajstić information content (AvgIpc) is 2.75. The van der Waals surface area contributed by atoms with Crippen molar-refractivity contribution in [2.75, 3.05) is 43.8 Å². The monoisotopic (exact) mass is 393 g/mol. The van der Waals surface area contributed by atoms with Crippen LogP contribution in [-0.2, 0) is 0 Å². The lowest BCUT2D eigenvalue weighted by Crippen LogP contribution is -2.13. The fourth-order valence-corrected chi connectivity index (χ4v) is 2.62. The fourth-order valence-electron chi connectivity index (χ4n) is 2.62. The van der Waals surface area contributed by atoms with Gasteiger partial charge in [-0.05, 0) is 54.6 Å². The number of nitrogens with one attached hydrogen (secondary N) is 2. The lowest BCUT2D eigenvalue weighted by Gasteiger charge is -2.13. The van der Waals surface area contributed by atoms with E-state index in [2.05, 4.69) is 20.8 Å². The zero-order valence-corrected chi connectivity index (χ0v) is 16.8. The van der Waals surface area contributed by atoms with E-state index in [9.17, 15) is 4.79 Å². The molecule has 29 heavy (non-hydrogen) atoms. The molecule has 0 fully saturated rings. The molecule has 3 rings (SSSR count). The fraction of sp³-hybridized carbons (Fsp3) is 0.190. The molecule has 1 amide bonds. The Kier molecular flexibility index (Phi) is 6.13. The van der Waals surface area contributed by atoms with Gasteiger partial charge >= 0.3 is 0 Å². The van der Waals surface area contributed by atoms with Crippen LogP contribution in [0.4, 0.5) is 23.0 Å². The van der Waals surface area contributed by atoms with Gasteiger partial charge in [-0.3, -0.25) is 4.79 Å². The third-order valence-corrected chi connectivity index (χ3v) is 4.21. The Bertz CT molecular complexity index is 973. The Morgan fingerprint density at radius 3 is 2.10 bits per heavy atom. The van der Waals surface area contributed by atoms with Crippen LogP contribution in [0.1, 0.15) is 10.4 Å². The maximum absolute atomic E-state index is 12.4. The number of nitrogens with zero attached hydrogens (tertiary/aromatic N) is 3. The van der Waals surface area contributed by atoms with Crippen molar-refractivity contribution in [1.29, 1.82) is 0 Å². The molecule has 0 saturated heterocycles. The van der Waals surface area contributed by atoms with Gasteiger partial charge in [0.2, 0.25) is 0 Å². The minimum atomic E-state index is -0.319. The van der Waals surface area contributed by atoms with Crippen molar-refractivity contribution in [2.45, 2.75) is 0 Å². The first-order valence-corrected chi connectivity index (χ1v) is 8.91. The van der Waals surface area contributed by atoms with Crippen LogP contribution in [0.2, 0.25) is 0 Å². The maximum atomic E-state index is 12.4. The molecule has 0 spiro atoms. The molecule has 0 aliphatic heterocycles. The van der Waals surface area contributed by atoms with Crippen LogP contribution in [0, 0.1) is 0 Å². The van der Waals surface area contributed by atoms with Gasteiger partial charge in [-0.15, -0.1) is 10.2 Å². The molecule has 150 valence electrons. The number of methoxy groups -OCH3 is 2. The molecule has 0 unspecified atom stereocenters. The second-order valence-electron chi connectivity index (χ2n) is 6.39. The zero-order chi connectivity index (χ0) is 20.8. The molecule has 0 atom stereocenters. The van der Waals surface area contributed by atoms with Crippen LogP contribution in [0.3, 0.4) is 0 Å². The Labute approximate surface area is 169 Å². The van der Waals surface area contributed by atoms with Gasteiger partial charge in [-0.25, -0.2) is 0 Å². The Hall–Kier alpha value is -3.81. The number of aromatic nitrogens is 2. The molecule has 2 aromatic carbocycles.